The fourth-order valence-electron chi connectivity index (χ4n) is 3.58. The van der Waals surface area contributed by atoms with Gasteiger partial charge in [0, 0.05) is 31.2 Å². The summed E-state index contributed by atoms with van der Waals surface area (Å²) in [5.41, 5.74) is 1.32. The lowest BCUT2D eigenvalue weighted by Gasteiger charge is -2.36. The number of piperazine rings is 1. The maximum absolute atomic E-state index is 12.8. The van der Waals surface area contributed by atoms with Crippen molar-refractivity contribution in [2.24, 2.45) is 0 Å². The van der Waals surface area contributed by atoms with Crippen molar-refractivity contribution in [3.63, 3.8) is 0 Å². The molecule has 0 spiro atoms. The van der Waals surface area contributed by atoms with Gasteiger partial charge in [-0.3, -0.25) is 14.2 Å². The number of rotatable bonds is 4. The van der Waals surface area contributed by atoms with E-state index in [0.717, 1.165) is 11.4 Å². The second-order valence-electron chi connectivity index (χ2n) is 6.88. The highest BCUT2D eigenvalue weighted by molar-refractivity contribution is 6.31. The number of nitrogens with zero attached hydrogens (tertiary/aromatic N) is 4. The van der Waals surface area contributed by atoms with Crippen molar-refractivity contribution in [2.45, 2.75) is 6.54 Å². The minimum absolute atomic E-state index is 0.0387. The van der Waals surface area contributed by atoms with Gasteiger partial charge < -0.3 is 14.5 Å². The van der Waals surface area contributed by atoms with Gasteiger partial charge in [0.1, 0.15) is 12.3 Å². The summed E-state index contributed by atoms with van der Waals surface area (Å²) in [6.45, 7) is 2.53. The van der Waals surface area contributed by atoms with Crippen LogP contribution >= 0.6 is 11.6 Å². The summed E-state index contributed by atoms with van der Waals surface area (Å²) in [6, 6.07) is 12.8. The molecule has 1 aliphatic rings. The first-order chi connectivity index (χ1) is 14.1. The molecule has 1 aromatic heterocycles. The quantitative estimate of drug-likeness (QED) is 0.658. The van der Waals surface area contributed by atoms with Crippen LogP contribution in [0.4, 0.5) is 5.69 Å². The molecule has 2 aromatic carbocycles. The smallest absolute Gasteiger partial charge is 0.261 e. The molecular formula is C21H21ClN4O3. The number of fused-ring (bicyclic) bond motifs is 1. The number of aromatic nitrogens is 2. The van der Waals surface area contributed by atoms with Gasteiger partial charge in [-0.1, -0.05) is 23.7 Å². The number of carbonyl (C=O) groups excluding carboxylic acids is 1. The van der Waals surface area contributed by atoms with E-state index in [-0.39, 0.29) is 18.0 Å². The summed E-state index contributed by atoms with van der Waals surface area (Å²) in [5, 5.41) is 0.877. The van der Waals surface area contributed by atoms with Crippen LogP contribution in [0.5, 0.6) is 5.75 Å². The van der Waals surface area contributed by atoms with Gasteiger partial charge in [0.25, 0.3) is 5.56 Å². The van der Waals surface area contributed by atoms with E-state index in [1.54, 1.807) is 30.2 Å². The number of ether oxygens (including phenoxy) is 1. The van der Waals surface area contributed by atoms with Crippen molar-refractivity contribution < 1.29 is 9.53 Å². The average molecular weight is 413 g/mol. The number of amides is 1. The molecule has 1 saturated heterocycles. The first kappa shape index (κ1) is 19.3. The van der Waals surface area contributed by atoms with Crippen LogP contribution in [0.25, 0.3) is 10.9 Å². The molecule has 0 radical (unpaired) electrons. The topological polar surface area (TPSA) is 67.7 Å². The van der Waals surface area contributed by atoms with Crippen molar-refractivity contribution in [2.75, 3.05) is 38.2 Å². The van der Waals surface area contributed by atoms with Crippen LogP contribution in [0.2, 0.25) is 5.02 Å². The number of anilines is 1. The van der Waals surface area contributed by atoms with Crippen LogP contribution in [0.1, 0.15) is 0 Å². The summed E-state index contributed by atoms with van der Waals surface area (Å²) in [4.78, 5) is 33.7. The van der Waals surface area contributed by atoms with Gasteiger partial charge in [-0.2, -0.15) is 0 Å². The fourth-order valence-corrected chi connectivity index (χ4v) is 3.75. The maximum Gasteiger partial charge on any atom is 0.261 e. The van der Waals surface area contributed by atoms with E-state index in [1.807, 2.05) is 24.3 Å². The van der Waals surface area contributed by atoms with Gasteiger partial charge in [0.05, 0.1) is 30.0 Å². The average Bonchev–Trinajstić information content (AvgIpc) is 2.76. The third kappa shape index (κ3) is 3.91. The Bertz CT molecular complexity index is 1110. The van der Waals surface area contributed by atoms with Crippen LogP contribution in [-0.4, -0.2) is 53.6 Å². The monoisotopic (exact) mass is 412 g/mol. The zero-order valence-corrected chi connectivity index (χ0v) is 16.8. The summed E-state index contributed by atoms with van der Waals surface area (Å²) in [5.74, 6) is 0.717. The van der Waals surface area contributed by atoms with Gasteiger partial charge in [-0.15, -0.1) is 0 Å². The Labute approximate surface area is 173 Å². The Morgan fingerprint density at radius 3 is 2.66 bits per heavy atom. The van der Waals surface area contributed by atoms with E-state index in [2.05, 4.69) is 9.88 Å². The van der Waals surface area contributed by atoms with Crippen molar-refractivity contribution in [3.05, 3.63) is 64.2 Å². The van der Waals surface area contributed by atoms with Crippen molar-refractivity contribution in [1.82, 2.24) is 14.5 Å². The van der Waals surface area contributed by atoms with Gasteiger partial charge in [0.15, 0.2) is 0 Å². The second kappa shape index (κ2) is 8.13. The third-order valence-electron chi connectivity index (χ3n) is 5.15. The molecule has 0 aliphatic carbocycles. The molecule has 8 heteroatoms. The third-order valence-corrected chi connectivity index (χ3v) is 5.39. The molecule has 1 fully saturated rings. The number of para-hydroxylation sites is 2. The van der Waals surface area contributed by atoms with Gasteiger partial charge in [-0.05, 0) is 30.3 Å². The lowest BCUT2D eigenvalue weighted by Crippen LogP contribution is -2.50. The highest BCUT2D eigenvalue weighted by atomic mass is 35.5. The maximum atomic E-state index is 12.8. The SMILES string of the molecule is COc1ccccc1N1CCN(C(=O)Cn2cnc3ccc(Cl)cc3c2=O)CC1. The molecule has 0 atom stereocenters. The minimum Gasteiger partial charge on any atom is -0.495 e. The normalized spacial score (nSPS) is 14.3. The number of hydrogen-bond donors (Lipinski definition) is 0. The zero-order chi connectivity index (χ0) is 20.4. The molecule has 4 rings (SSSR count). The first-order valence-corrected chi connectivity index (χ1v) is 9.75. The summed E-state index contributed by atoms with van der Waals surface area (Å²) >= 11 is 5.99. The summed E-state index contributed by atoms with van der Waals surface area (Å²) < 4.78 is 6.77. The molecule has 0 N–H and O–H groups in total. The van der Waals surface area contributed by atoms with Gasteiger partial charge >= 0.3 is 0 Å². The first-order valence-electron chi connectivity index (χ1n) is 9.37. The zero-order valence-electron chi connectivity index (χ0n) is 16.0. The van der Waals surface area contributed by atoms with Crippen molar-refractivity contribution in [1.29, 1.82) is 0 Å². The molecule has 3 aromatic rings. The highest BCUT2D eigenvalue weighted by Gasteiger charge is 2.23. The molecule has 29 heavy (non-hydrogen) atoms. The van der Waals surface area contributed by atoms with E-state index in [9.17, 15) is 9.59 Å². The highest BCUT2D eigenvalue weighted by Crippen LogP contribution is 2.28. The Morgan fingerprint density at radius 1 is 1.14 bits per heavy atom. The number of methoxy groups -OCH3 is 1. The Morgan fingerprint density at radius 2 is 1.90 bits per heavy atom. The molecule has 0 saturated carbocycles. The van der Waals surface area contributed by atoms with E-state index >= 15 is 0 Å². The number of carbonyl (C=O) groups is 1. The largest absolute Gasteiger partial charge is 0.495 e. The van der Waals surface area contributed by atoms with Crippen molar-refractivity contribution in [3.8, 4) is 5.75 Å². The number of hydrogen-bond acceptors (Lipinski definition) is 5. The Balaban J connectivity index is 1.45. The molecule has 0 bridgehead atoms. The van der Waals surface area contributed by atoms with E-state index in [4.69, 9.17) is 16.3 Å². The molecule has 7 nitrogen and oxygen atoms in total. The Hall–Kier alpha value is -3.06. The lowest BCUT2D eigenvalue weighted by molar-refractivity contribution is -0.132. The predicted molar refractivity (Wildman–Crippen MR) is 113 cm³/mol. The van der Waals surface area contributed by atoms with E-state index in [0.29, 0.717) is 42.1 Å². The lowest BCUT2D eigenvalue weighted by atomic mass is 10.2. The van der Waals surface area contributed by atoms with E-state index < -0.39 is 0 Å². The van der Waals surface area contributed by atoms with Crippen molar-refractivity contribution >= 4 is 34.1 Å². The minimum atomic E-state index is -0.265. The summed E-state index contributed by atoms with van der Waals surface area (Å²) in [6.07, 6.45) is 1.42. The van der Waals surface area contributed by atoms with Crippen LogP contribution in [-0.2, 0) is 11.3 Å². The molecule has 2 heterocycles. The van der Waals surface area contributed by atoms with E-state index in [1.165, 1.54) is 10.9 Å². The van der Waals surface area contributed by atoms with Crippen LogP contribution in [0.3, 0.4) is 0 Å². The van der Waals surface area contributed by atoms with Crippen LogP contribution < -0.4 is 15.2 Å². The molecule has 0 unspecified atom stereocenters. The fraction of sp³-hybridized carbons (Fsp3) is 0.286. The van der Waals surface area contributed by atoms with Crippen LogP contribution in [0.15, 0.2) is 53.6 Å². The number of benzene rings is 2. The standard InChI is InChI=1S/C21H21ClN4O3/c1-29-19-5-3-2-4-18(19)24-8-10-25(11-9-24)20(27)13-26-14-23-17-7-6-15(22)12-16(17)21(26)28/h2-7,12,14H,8-11,13H2,1H3. The van der Waals surface area contributed by atoms with Crippen LogP contribution in [0, 0.1) is 0 Å². The second-order valence-corrected chi connectivity index (χ2v) is 7.32. The Kier molecular flexibility index (Phi) is 5.40. The molecular weight excluding hydrogens is 392 g/mol. The summed E-state index contributed by atoms with van der Waals surface area (Å²) in [7, 11) is 1.65. The predicted octanol–water partition coefficient (Wildman–Crippen LogP) is 2.41. The molecule has 150 valence electrons. The molecule has 1 amide bonds. The van der Waals surface area contributed by atoms with Gasteiger partial charge in [-0.25, -0.2) is 4.98 Å². The van der Waals surface area contributed by atoms with Gasteiger partial charge in [0.2, 0.25) is 5.91 Å². The number of halogens is 1. The molecule has 1 aliphatic heterocycles.